The highest BCUT2D eigenvalue weighted by atomic mass is 16.5. The predicted molar refractivity (Wildman–Crippen MR) is 96.9 cm³/mol. The van der Waals surface area contributed by atoms with E-state index in [1.165, 1.54) is 22.4 Å². The van der Waals surface area contributed by atoms with Gasteiger partial charge < -0.3 is 14.1 Å². The smallest absolute Gasteiger partial charge is 0.332 e. The fourth-order valence-corrected chi connectivity index (χ4v) is 2.44. The second-order valence-corrected chi connectivity index (χ2v) is 5.77. The molecule has 0 N–H and O–H groups in total. The largest absolute Gasteiger partial charge is 0.382 e. The van der Waals surface area contributed by atoms with Crippen molar-refractivity contribution in [2.75, 3.05) is 13.2 Å². The minimum atomic E-state index is -0.371. The molecule has 0 unspecified atom stereocenters. The molecule has 0 radical (unpaired) electrons. The molecule has 2 aromatic heterocycles. The maximum Gasteiger partial charge on any atom is 0.332 e. The standard InChI is InChI=1S/C13H18N4O3.C4H10O/c1-9(18)6-4-5-7-17-12(19)10-11(14-8-15(10)2)16(3)13(17)20;1-3-5-4-2/h8H,4-7H2,1-3H3;3-4H2,1-2H3. The Morgan fingerprint density at radius 3 is 2.32 bits per heavy atom. The quantitative estimate of drug-likeness (QED) is 0.700. The predicted octanol–water partition coefficient (Wildman–Crippen LogP) is 1.24. The first-order valence-electron chi connectivity index (χ1n) is 8.53. The third kappa shape index (κ3) is 5.38. The van der Waals surface area contributed by atoms with Crippen molar-refractivity contribution < 1.29 is 9.53 Å². The molecule has 0 aliphatic heterocycles. The van der Waals surface area contributed by atoms with Crippen LogP contribution in [0.1, 0.15) is 40.0 Å². The molecule has 0 saturated heterocycles. The number of hydrogen-bond donors (Lipinski definition) is 0. The summed E-state index contributed by atoms with van der Waals surface area (Å²) in [4.78, 5) is 39.4. The van der Waals surface area contributed by atoms with E-state index in [0.29, 0.717) is 37.0 Å². The third-order valence-electron chi connectivity index (χ3n) is 3.77. The van der Waals surface area contributed by atoms with Gasteiger partial charge in [-0.25, -0.2) is 9.78 Å². The Bertz CT molecular complexity index is 814. The first kappa shape index (κ1) is 20.8. The average molecular weight is 352 g/mol. The molecule has 0 atom stereocenters. The highest BCUT2D eigenvalue weighted by Crippen LogP contribution is 2.04. The summed E-state index contributed by atoms with van der Waals surface area (Å²) < 4.78 is 9.04. The lowest BCUT2D eigenvalue weighted by atomic mass is 10.2. The maximum absolute atomic E-state index is 12.3. The van der Waals surface area contributed by atoms with Gasteiger partial charge in [-0.05, 0) is 33.6 Å². The summed E-state index contributed by atoms with van der Waals surface area (Å²) >= 11 is 0. The summed E-state index contributed by atoms with van der Waals surface area (Å²) in [5, 5.41) is 0. The molecule has 0 fully saturated rings. The van der Waals surface area contributed by atoms with Gasteiger partial charge in [-0.3, -0.25) is 13.9 Å². The number of carbonyl (C=O) groups excluding carboxylic acids is 1. The summed E-state index contributed by atoms with van der Waals surface area (Å²) in [6, 6.07) is 0. The Morgan fingerprint density at radius 1 is 1.16 bits per heavy atom. The van der Waals surface area contributed by atoms with Crippen LogP contribution in [0.15, 0.2) is 15.9 Å². The van der Waals surface area contributed by atoms with Crippen LogP contribution in [0.4, 0.5) is 0 Å². The molecule has 0 aliphatic carbocycles. The number of unbranched alkanes of at least 4 members (excludes halogenated alkanes) is 1. The minimum Gasteiger partial charge on any atom is -0.382 e. The van der Waals surface area contributed by atoms with Crippen molar-refractivity contribution in [3.05, 3.63) is 27.2 Å². The van der Waals surface area contributed by atoms with Gasteiger partial charge in [0.15, 0.2) is 11.2 Å². The number of fused-ring (bicyclic) bond motifs is 1. The van der Waals surface area contributed by atoms with Crippen molar-refractivity contribution in [2.24, 2.45) is 14.1 Å². The minimum absolute atomic E-state index is 0.118. The maximum atomic E-state index is 12.3. The Kier molecular flexibility index (Phi) is 8.27. The van der Waals surface area contributed by atoms with E-state index in [1.807, 2.05) is 13.8 Å². The Labute approximate surface area is 147 Å². The van der Waals surface area contributed by atoms with E-state index >= 15 is 0 Å². The zero-order valence-corrected chi connectivity index (χ0v) is 15.7. The zero-order chi connectivity index (χ0) is 19.0. The van der Waals surface area contributed by atoms with Crippen molar-refractivity contribution >= 4 is 16.9 Å². The molecular formula is C17H28N4O4. The van der Waals surface area contributed by atoms with E-state index in [2.05, 4.69) is 4.98 Å². The van der Waals surface area contributed by atoms with Crippen LogP contribution < -0.4 is 11.2 Å². The van der Waals surface area contributed by atoms with Crippen molar-refractivity contribution in [1.82, 2.24) is 18.7 Å². The van der Waals surface area contributed by atoms with Crippen LogP contribution in [0.3, 0.4) is 0 Å². The van der Waals surface area contributed by atoms with Crippen molar-refractivity contribution in [3.8, 4) is 0 Å². The number of aryl methyl sites for hydroxylation is 2. The number of ketones is 1. The SMILES string of the molecule is CC(=O)CCCCn1c(=O)c2c(ncn2C)n(C)c1=O.CCOCC. The van der Waals surface area contributed by atoms with Crippen LogP contribution in [0.2, 0.25) is 0 Å². The number of carbonyl (C=O) groups is 1. The molecule has 8 heteroatoms. The number of ether oxygens (including phenoxy) is 1. The van der Waals surface area contributed by atoms with Gasteiger partial charge in [-0.1, -0.05) is 0 Å². The molecule has 2 heterocycles. The molecular weight excluding hydrogens is 324 g/mol. The van der Waals surface area contributed by atoms with Crippen molar-refractivity contribution in [2.45, 2.75) is 46.6 Å². The third-order valence-corrected chi connectivity index (χ3v) is 3.77. The van der Waals surface area contributed by atoms with Crippen LogP contribution in [0.5, 0.6) is 0 Å². The number of nitrogens with zero attached hydrogens (tertiary/aromatic N) is 4. The molecule has 0 spiro atoms. The molecule has 0 aromatic carbocycles. The number of rotatable bonds is 7. The van der Waals surface area contributed by atoms with E-state index in [1.54, 1.807) is 18.7 Å². The number of Topliss-reactive ketones (excluding diaryl/α,β-unsaturated/α-hetero) is 1. The fourth-order valence-electron chi connectivity index (χ4n) is 2.44. The van der Waals surface area contributed by atoms with Gasteiger partial charge in [0.2, 0.25) is 0 Å². The first-order valence-corrected chi connectivity index (χ1v) is 8.53. The van der Waals surface area contributed by atoms with E-state index < -0.39 is 0 Å². The summed E-state index contributed by atoms with van der Waals surface area (Å²) in [5.41, 5.74) is 0.108. The van der Waals surface area contributed by atoms with Gasteiger partial charge in [0.05, 0.1) is 6.33 Å². The lowest BCUT2D eigenvalue weighted by Crippen LogP contribution is -2.39. The fraction of sp³-hybridized carbons (Fsp3) is 0.647. The van der Waals surface area contributed by atoms with E-state index in [9.17, 15) is 14.4 Å². The highest BCUT2D eigenvalue weighted by molar-refractivity contribution is 5.75. The van der Waals surface area contributed by atoms with Gasteiger partial charge in [-0.15, -0.1) is 0 Å². The molecule has 25 heavy (non-hydrogen) atoms. The van der Waals surface area contributed by atoms with Crippen LogP contribution in [0, 0.1) is 0 Å². The van der Waals surface area contributed by atoms with Crippen LogP contribution in [-0.4, -0.2) is 37.7 Å². The van der Waals surface area contributed by atoms with Gasteiger partial charge in [-0.2, -0.15) is 0 Å². The van der Waals surface area contributed by atoms with Gasteiger partial charge in [0.25, 0.3) is 5.56 Å². The van der Waals surface area contributed by atoms with Gasteiger partial charge in [0.1, 0.15) is 5.78 Å². The summed E-state index contributed by atoms with van der Waals surface area (Å²) in [7, 11) is 3.32. The van der Waals surface area contributed by atoms with Crippen LogP contribution in [-0.2, 0) is 30.2 Å². The Morgan fingerprint density at radius 2 is 1.80 bits per heavy atom. The molecule has 0 aliphatic rings. The number of imidazole rings is 1. The Hall–Kier alpha value is -2.22. The zero-order valence-electron chi connectivity index (χ0n) is 15.7. The molecule has 8 nitrogen and oxygen atoms in total. The highest BCUT2D eigenvalue weighted by Gasteiger charge is 2.14. The lowest BCUT2D eigenvalue weighted by molar-refractivity contribution is -0.117. The molecule has 2 rings (SSSR count). The molecule has 0 saturated carbocycles. The molecule has 0 bridgehead atoms. The molecule has 2 aromatic rings. The van der Waals surface area contributed by atoms with Crippen LogP contribution in [0.25, 0.3) is 11.2 Å². The van der Waals surface area contributed by atoms with Crippen molar-refractivity contribution in [1.29, 1.82) is 0 Å². The van der Waals surface area contributed by atoms with Gasteiger partial charge in [0, 0.05) is 40.3 Å². The van der Waals surface area contributed by atoms with E-state index in [-0.39, 0.29) is 17.0 Å². The number of hydrogen-bond acceptors (Lipinski definition) is 5. The average Bonchev–Trinajstić information content (AvgIpc) is 2.95. The monoisotopic (exact) mass is 352 g/mol. The van der Waals surface area contributed by atoms with Crippen molar-refractivity contribution in [3.63, 3.8) is 0 Å². The summed E-state index contributed by atoms with van der Waals surface area (Å²) in [6.07, 6.45) is 3.29. The van der Waals surface area contributed by atoms with Crippen LogP contribution >= 0.6 is 0 Å². The first-order chi connectivity index (χ1) is 11.8. The van der Waals surface area contributed by atoms with Gasteiger partial charge >= 0.3 is 5.69 Å². The normalized spacial score (nSPS) is 10.6. The van der Waals surface area contributed by atoms with E-state index in [4.69, 9.17) is 4.74 Å². The van der Waals surface area contributed by atoms with E-state index in [0.717, 1.165) is 13.2 Å². The molecule has 0 amide bonds. The summed E-state index contributed by atoms with van der Waals surface area (Å²) in [5.74, 6) is 0.118. The lowest BCUT2D eigenvalue weighted by Gasteiger charge is -2.08. The number of aromatic nitrogens is 4. The second-order valence-electron chi connectivity index (χ2n) is 5.77. The second kappa shape index (κ2) is 9.93. The summed E-state index contributed by atoms with van der Waals surface area (Å²) in [6.45, 7) is 7.52. The topological polar surface area (TPSA) is 88.1 Å². The Balaban J connectivity index is 0.000000550. The molecule has 140 valence electrons.